The Morgan fingerprint density at radius 1 is 1.00 bits per heavy atom. The van der Waals surface area contributed by atoms with Crippen molar-refractivity contribution in [3.63, 3.8) is 0 Å². The Labute approximate surface area is 206 Å². The third-order valence-electron chi connectivity index (χ3n) is 5.50. The number of esters is 1. The first kappa shape index (κ1) is 22.8. The Morgan fingerprint density at radius 3 is 2.56 bits per heavy atom. The molecule has 0 fully saturated rings. The first-order valence-corrected chi connectivity index (χ1v) is 11.1. The number of methoxy groups -OCH3 is 1. The molecule has 8 nitrogen and oxygen atoms in total. The number of fused-ring (bicyclic) bond motifs is 1. The normalized spacial score (nSPS) is 11.2. The van der Waals surface area contributed by atoms with E-state index >= 15 is 0 Å². The minimum atomic E-state index is -0.642. The molecule has 5 rings (SSSR count). The molecule has 36 heavy (non-hydrogen) atoms. The number of benzene rings is 3. The number of aromatic nitrogens is 2. The molecule has 0 aliphatic carbocycles. The summed E-state index contributed by atoms with van der Waals surface area (Å²) in [5.74, 6) is 0.402. The van der Waals surface area contributed by atoms with Gasteiger partial charge in [0, 0.05) is 5.56 Å². The van der Waals surface area contributed by atoms with E-state index in [0.717, 1.165) is 11.1 Å². The highest BCUT2D eigenvalue weighted by Gasteiger charge is 2.16. The molecular formula is C28H21N3O5. The molecule has 2 aromatic heterocycles. The van der Waals surface area contributed by atoms with Crippen molar-refractivity contribution in [2.75, 3.05) is 7.11 Å². The van der Waals surface area contributed by atoms with E-state index in [4.69, 9.17) is 18.9 Å². The van der Waals surface area contributed by atoms with Gasteiger partial charge in [0.15, 0.2) is 17.3 Å². The number of carbonyl (C=O) groups excluding carboxylic acids is 1. The largest absolute Gasteiger partial charge is 0.493 e. The molecule has 0 spiro atoms. The van der Waals surface area contributed by atoms with Gasteiger partial charge in [-0.1, -0.05) is 42.0 Å². The molecule has 178 valence electrons. The average Bonchev–Trinajstić information content (AvgIpc) is 3.45. The van der Waals surface area contributed by atoms with Crippen LogP contribution >= 0.6 is 0 Å². The lowest BCUT2D eigenvalue weighted by molar-refractivity contribution is 0.0696. The number of carbonyl (C=O) groups is 1. The number of para-hydroxylation sites is 1. The van der Waals surface area contributed by atoms with Crippen molar-refractivity contribution in [3.05, 3.63) is 112 Å². The third kappa shape index (κ3) is 4.52. The number of hydrogen-bond acceptors (Lipinski definition) is 7. The van der Waals surface area contributed by atoms with Crippen molar-refractivity contribution < 1.29 is 18.7 Å². The zero-order valence-corrected chi connectivity index (χ0v) is 19.5. The monoisotopic (exact) mass is 479 g/mol. The Morgan fingerprint density at radius 2 is 1.81 bits per heavy atom. The van der Waals surface area contributed by atoms with Gasteiger partial charge in [-0.3, -0.25) is 4.79 Å². The Kier molecular flexibility index (Phi) is 6.15. The molecule has 0 bridgehead atoms. The van der Waals surface area contributed by atoms with Crippen molar-refractivity contribution >= 4 is 23.1 Å². The lowest BCUT2D eigenvalue weighted by Gasteiger charge is -2.10. The summed E-state index contributed by atoms with van der Waals surface area (Å²) in [4.78, 5) is 30.3. The van der Waals surface area contributed by atoms with Crippen LogP contribution in [0.3, 0.4) is 0 Å². The summed E-state index contributed by atoms with van der Waals surface area (Å²) in [5.41, 5.74) is 2.78. The van der Waals surface area contributed by atoms with Crippen molar-refractivity contribution in [3.8, 4) is 22.9 Å². The van der Waals surface area contributed by atoms with Crippen LogP contribution in [-0.2, 0) is 0 Å². The van der Waals surface area contributed by atoms with Gasteiger partial charge in [-0.25, -0.2) is 9.78 Å². The second-order valence-corrected chi connectivity index (χ2v) is 7.96. The minimum Gasteiger partial charge on any atom is -0.493 e. The van der Waals surface area contributed by atoms with Crippen LogP contribution in [0.15, 0.2) is 99.4 Å². The van der Waals surface area contributed by atoms with E-state index in [1.807, 2.05) is 37.3 Å². The molecule has 2 heterocycles. The molecule has 0 aliphatic heterocycles. The molecule has 0 saturated carbocycles. The smallest absolute Gasteiger partial charge is 0.379 e. The summed E-state index contributed by atoms with van der Waals surface area (Å²) in [6, 6.07) is 22.9. The van der Waals surface area contributed by atoms with E-state index < -0.39 is 5.97 Å². The highest BCUT2D eigenvalue weighted by Crippen LogP contribution is 2.28. The van der Waals surface area contributed by atoms with Gasteiger partial charge in [0.2, 0.25) is 5.76 Å². The lowest BCUT2D eigenvalue weighted by atomic mass is 10.1. The Bertz CT molecular complexity index is 1630. The summed E-state index contributed by atoms with van der Waals surface area (Å²) in [6.45, 7) is 1.99. The summed E-state index contributed by atoms with van der Waals surface area (Å²) in [6.07, 6.45) is 2.91. The van der Waals surface area contributed by atoms with Gasteiger partial charge in [-0.15, -0.1) is 0 Å². The fourth-order valence-electron chi connectivity index (χ4n) is 3.64. The number of rotatable bonds is 6. The maximum absolute atomic E-state index is 13.3. The molecule has 0 N–H and O–H groups in total. The topological polar surface area (TPSA) is 95.9 Å². The van der Waals surface area contributed by atoms with Crippen LogP contribution in [0.25, 0.3) is 22.3 Å². The molecule has 0 aliphatic rings. The highest BCUT2D eigenvalue weighted by molar-refractivity contribution is 5.89. The molecule has 5 aromatic rings. The van der Waals surface area contributed by atoms with Crippen LogP contribution in [-0.4, -0.2) is 29.0 Å². The molecule has 0 unspecified atom stereocenters. The number of nitrogens with zero attached hydrogens (tertiary/aromatic N) is 3. The van der Waals surface area contributed by atoms with Gasteiger partial charge >= 0.3 is 5.97 Å². The summed E-state index contributed by atoms with van der Waals surface area (Å²) < 4.78 is 17.1. The quantitative estimate of drug-likeness (QED) is 0.192. The predicted octanol–water partition coefficient (Wildman–Crippen LogP) is 5.07. The standard InChI is InChI=1S/C28H21N3O5/c1-18-9-12-20(13-10-18)26-30-22-7-4-3-6-21(22)27(32)31(26)29-17-19-11-14-23(25(16-19)34-2)36-28(33)24-8-5-15-35-24/h3-17H,1-2H3/b29-17-. The molecule has 8 heteroatoms. The van der Waals surface area contributed by atoms with Crippen LogP contribution in [0.5, 0.6) is 11.5 Å². The van der Waals surface area contributed by atoms with E-state index in [1.165, 1.54) is 30.3 Å². The first-order valence-electron chi connectivity index (χ1n) is 11.1. The van der Waals surface area contributed by atoms with Crippen molar-refractivity contribution in [1.82, 2.24) is 9.66 Å². The van der Waals surface area contributed by atoms with Gasteiger partial charge in [0.05, 0.1) is 30.5 Å². The van der Waals surface area contributed by atoms with Gasteiger partial charge in [-0.2, -0.15) is 9.78 Å². The summed E-state index contributed by atoms with van der Waals surface area (Å²) in [5, 5.41) is 4.93. The van der Waals surface area contributed by atoms with Crippen LogP contribution in [0.4, 0.5) is 0 Å². The second kappa shape index (κ2) is 9.71. The minimum absolute atomic E-state index is 0.0782. The van der Waals surface area contributed by atoms with Crippen LogP contribution in [0.2, 0.25) is 0 Å². The first-order chi connectivity index (χ1) is 17.5. The predicted molar refractivity (Wildman–Crippen MR) is 136 cm³/mol. The molecular weight excluding hydrogens is 458 g/mol. The van der Waals surface area contributed by atoms with E-state index in [1.54, 1.807) is 42.5 Å². The number of furan rings is 1. The lowest BCUT2D eigenvalue weighted by Crippen LogP contribution is -2.20. The van der Waals surface area contributed by atoms with Crippen LogP contribution in [0, 0.1) is 6.92 Å². The maximum atomic E-state index is 13.3. The molecule has 0 atom stereocenters. The van der Waals surface area contributed by atoms with E-state index in [2.05, 4.69) is 5.10 Å². The number of ether oxygens (including phenoxy) is 2. The summed E-state index contributed by atoms with van der Waals surface area (Å²) in [7, 11) is 1.47. The van der Waals surface area contributed by atoms with Crippen molar-refractivity contribution in [1.29, 1.82) is 0 Å². The Balaban J connectivity index is 1.53. The number of hydrogen-bond donors (Lipinski definition) is 0. The fourth-order valence-corrected chi connectivity index (χ4v) is 3.64. The third-order valence-corrected chi connectivity index (χ3v) is 5.50. The van der Waals surface area contributed by atoms with E-state index in [0.29, 0.717) is 28.0 Å². The molecule has 0 radical (unpaired) electrons. The highest BCUT2D eigenvalue weighted by atomic mass is 16.6. The van der Waals surface area contributed by atoms with E-state index in [-0.39, 0.29) is 17.1 Å². The summed E-state index contributed by atoms with van der Waals surface area (Å²) >= 11 is 0. The van der Waals surface area contributed by atoms with Crippen LogP contribution in [0.1, 0.15) is 21.7 Å². The Hall–Kier alpha value is -4.98. The zero-order valence-electron chi connectivity index (χ0n) is 19.5. The number of aryl methyl sites for hydroxylation is 1. The SMILES string of the molecule is COc1cc(/C=N\n2c(-c3ccc(C)cc3)nc3ccccc3c2=O)ccc1OC(=O)c1ccco1. The zero-order chi connectivity index (χ0) is 25.1. The molecule has 0 saturated heterocycles. The van der Waals surface area contributed by atoms with Crippen molar-refractivity contribution in [2.24, 2.45) is 5.10 Å². The molecule has 3 aromatic carbocycles. The average molecular weight is 479 g/mol. The van der Waals surface area contributed by atoms with Gasteiger partial charge in [-0.05, 0) is 55.0 Å². The van der Waals surface area contributed by atoms with Gasteiger partial charge in [0.25, 0.3) is 5.56 Å². The van der Waals surface area contributed by atoms with Crippen LogP contribution < -0.4 is 15.0 Å². The van der Waals surface area contributed by atoms with Gasteiger partial charge in [0.1, 0.15) is 0 Å². The van der Waals surface area contributed by atoms with E-state index in [9.17, 15) is 9.59 Å². The maximum Gasteiger partial charge on any atom is 0.379 e. The molecule has 0 amide bonds. The second-order valence-electron chi connectivity index (χ2n) is 7.96. The van der Waals surface area contributed by atoms with Gasteiger partial charge < -0.3 is 13.9 Å². The fraction of sp³-hybridized carbons (Fsp3) is 0.0714. The van der Waals surface area contributed by atoms with Crippen molar-refractivity contribution in [2.45, 2.75) is 6.92 Å².